The highest BCUT2D eigenvalue weighted by molar-refractivity contribution is 6.05. The van der Waals surface area contributed by atoms with E-state index < -0.39 is 5.41 Å². The lowest BCUT2D eigenvalue weighted by Gasteiger charge is -2.34. The quantitative estimate of drug-likeness (QED) is 0.144. The van der Waals surface area contributed by atoms with Crippen molar-refractivity contribution in [1.29, 1.82) is 0 Å². The second kappa shape index (κ2) is 17.7. The van der Waals surface area contributed by atoms with Gasteiger partial charge in [-0.25, -0.2) is 9.97 Å². The van der Waals surface area contributed by atoms with E-state index in [4.69, 9.17) is 9.97 Å². The van der Waals surface area contributed by atoms with Crippen molar-refractivity contribution in [2.75, 3.05) is 0 Å². The maximum atomic E-state index is 5.31. The molecule has 0 amide bonds. The second-order valence-corrected chi connectivity index (χ2v) is 18.4. The molecule has 0 aliphatic heterocycles. The zero-order chi connectivity index (χ0) is 47.1. The number of fused-ring (bicyclic) bond motifs is 4. The van der Waals surface area contributed by atoms with E-state index in [0.29, 0.717) is 5.82 Å². The molecule has 0 N–H and O–H groups in total. The molecule has 1 aliphatic rings. The van der Waals surface area contributed by atoms with Crippen molar-refractivity contribution < 1.29 is 0 Å². The third-order valence-corrected chi connectivity index (χ3v) is 14.4. The van der Waals surface area contributed by atoms with Crippen molar-refractivity contribution in [2.45, 2.75) is 5.41 Å². The third kappa shape index (κ3) is 7.37. The Kier molecular flexibility index (Phi) is 10.4. The number of hydrogen-bond acceptors (Lipinski definition) is 2. The normalized spacial score (nSPS) is 12.3. The molecule has 0 radical (unpaired) electrons. The van der Waals surface area contributed by atoms with Gasteiger partial charge in [-0.05, 0) is 119 Å². The lowest BCUT2D eigenvalue weighted by Crippen LogP contribution is -2.28. The summed E-state index contributed by atoms with van der Waals surface area (Å²) in [4.78, 5) is 10.5. The van der Waals surface area contributed by atoms with E-state index in [1.165, 1.54) is 61.2 Å². The van der Waals surface area contributed by atoms with E-state index in [0.717, 1.165) is 55.5 Å². The fraction of sp³-hybridized carbons (Fsp3) is 0.0145. The Balaban J connectivity index is 0.978. The molecule has 332 valence electrons. The van der Waals surface area contributed by atoms with Crippen LogP contribution in [-0.2, 0) is 5.41 Å². The van der Waals surface area contributed by atoms with Gasteiger partial charge in [0.05, 0.1) is 16.8 Å². The Bertz CT molecular complexity index is 3850. The van der Waals surface area contributed by atoms with Crippen LogP contribution >= 0.6 is 0 Å². The van der Waals surface area contributed by atoms with Crippen molar-refractivity contribution in [3.8, 4) is 89.5 Å². The minimum absolute atomic E-state index is 0.497. The fourth-order valence-electron chi connectivity index (χ4n) is 11.1. The van der Waals surface area contributed by atoms with E-state index in [9.17, 15) is 0 Å². The molecule has 0 saturated heterocycles. The molecule has 12 aromatic rings. The molecular weight excluding hydrogens is 857 g/mol. The zero-order valence-corrected chi connectivity index (χ0v) is 39.0. The summed E-state index contributed by atoms with van der Waals surface area (Å²) in [5.74, 6) is 0.694. The summed E-state index contributed by atoms with van der Waals surface area (Å²) >= 11 is 0. The van der Waals surface area contributed by atoms with Crippen LogP contribution in [0, 0.1) is 0 Å². The van der Waals surface area contributed by atoms with Crippen molar-refractivity contribution >= 4 is 10.8 Å². The Morgan fingerprint density at radius 3 is 1.30 bits per heavy atom. The molecule has 1 aromatic heterocycles. The van der Waals surface area contributed by atoms with Gasteiger partial charge in [-0.2, -0.15) is 0 Å². The number of hydrogen-bond donors (Lipinski definition) is 0. The summed E-state index contributed by atoms with van der Waals surface area (Å²) in [5.41, 5.74) is 21.3. The van der Waals surface area contributed by atoms with Gasteiger partial charge in [-0.1, -0.05) is 249 Å². The standard InChI is InChI=1S/C69H46N2/c1-6-20-47(21-7-1)49-34-36-50(37-35-49)66-46-67(71-68(70-66)51-24-10-3-11-25-51)63-41-40-58(59-30-16-17-31-60(59)63)55-43-53(48-22-8-2-9-23-48)42-54(44-55)52-38-39-62-61-32-18-19-33-64(61)69(65(62)45-52,56-26-12-4-13-27-56)57-28-14-5-15-29-57/h1-46H. The van der Waals surface area contributed by atoms with Crippen molar-refractivity contribution in [3.63, 3.8) is 0 Å². The number of rotatable bonds is 9. The predicted octanol–water partition coefficient (Wildman–Crippen LogP) is 17.7. The van der Waals surface area contributed by atoms with Crippen LogP contribution in [0.25, 0.3) is 100 Å². The Hall–Kier alpha value is -9.24. The molecule has 0 saturated carbocycles. The molecule has 0 spiro atoms. The molecular formula is C69H46N2. The highest BCUT2D eigenvalue weighted by Crippen LogP contribution is 2.57. The molecule has 2 nitrogen and oxygen atoms in total. The minimum Gasteiger partial charge on any atom is -0.228 e. The van der Waals surface area contributed by atoms with E-state index in [2.05, 4.69) is 261 Å². The highest BCUT2D eigenvalue weighted by atomic mass is 14.9. The van der Waals surface area contributed by atoms with Gasteiger partial charge in [0.25, 0.3) is 0 Å². The third-order valence-electron chi connectivity index (χ3n) is 14.4. The van der Waals surface area contributed by atoms with Gasteiger partial charge in [0, 0.05) is 16.7 Å². The lowest BCUT2D eigenvalue weighted by atomic mass is 9.67. The molecule has 0 atom stereocenters. The van der Waals surface area contributed by atoms with Gasteiger partial charge in [0.15, 0.2) is 5.82 Å². The van der Waals surface area contributed by atoms with Gasteiger partial charge in [-0.15, -0.1) is 0 Å². The summed E-state index contributed by atoms with van der Waals surface area (Å²) in [6.45, 7) is 0. The van der Waals surface area contributed by atoms with Crippen LogP contribution in [0.5, 0.6) is 0 Å². The van der Waals surface area contributed by atoms with Gasteiger partial charge in [-0.3, -0.25) is 0 Å². The predicted molar refractivity (Wildman–Crippen MR) is 295 cm³/mol. The average molecular weight is 903 g/mol. The van der Waals surface area contributed by atoms with Crippen LogP contribution in [0.3, 0.4) is 0 Å². The van der Waals surface area contributed by atoms with Crippen LogP contribution in [0.4, 0.5) is 0 Å². The monoisotopic (exact) mass is 902 g/mol. The summed E-state index contributed by atoms with van der Waals surface area (Å²) in [7, 11) is 0. The van der Waals surface area contributed by atoms with Crippen LogP contribution in [0.1, 0.15) is 22.3 Å². The van der Waals surface area contributed by atoms with Gasteiger partial charge in [0.2, 0.25) is 0 Å². The van der Waals surface area contributed by atoms with Crippen molar-refractivity contribution in [1.82, 2.24) is 9.97 Å². The van der Waals surface area contributed by atoms with Crippen molar-refractivity contribution in [3.05, 3.63) is 301 Å². The second-order valence-electron chi connectivity index (χ2n) is 18.4. The molecule has 2 heteroatoms. The summed E-state index contributed by atoms with van der Waals surface area (Å²) in [5, 5.41) is 2.29. The van der Waals surface area contributed by atoms with Crippen LogP contribution in [0.15, 0.2) is 279 Å². The van der Waals surface area contributed by atoms with E-state index in [1.54, 1.807) is 0 Å². The zero-order valence-electron chi connectivity index (χ0n) is 39.0. The SMILES string of the molecule is c1ccc(-c2ccc(-c3cc(-c4ccc(-c5cc(-c6ccccc6)cc(-c6ccc7c(c6)C(c6ccccc6)(c6ccccc6)c6ccccc6-7)c5)c5ccccc45)nc(-c4ccccc4)n3)cc2)cc1. The Labute approximate surface area is 414 Å². The molecule has 1 aliphatic carbocycles. The fourth-order valence-corrected chi connectivity index (χ4v) is 11.1. The smallest absolute Gasteiger partial charge is 0.160 e. The number of nitrogens with zero attached hydrogens (tertiary/aromatic N) is 2. The average Bonchev–Trinajstić information content (AvgIpc) is 3.76. The number of benzene rings is 11. The first kappa shape index (κ1) is 41.9. The summed E-state index contributed by atoms with van der Waals surface area (Å²) in [6, 6.07) is 101. The lowest BCUT2D eigenvalue weighted by molar-refractivity contribution is 0.769. The first-order chi connectivity index (χ1) is 35.2. The summed E-state index contributed by atoms with van der Waals surface area (Å²) in [6.07, 6.45) is 0. The van der Waals surface area contributed by atoms with Gasteiger partial charge in [0.1, 0.15) is 0 Å². The molecule has 11 aromatic carbocycles. The van der Waals surface area contributed by atoms with Crippen molar-refractivity contribution in [2.24, 2.45) is 0 Å². The maximum Gasteiger partial charge on any atom is 0.160 e. The van der Waals surface area contributed by atoms with E-state index in [-0.39, 0.29) is 0 Å². The summed E-state index contributed by atoms with van der Waals surface area (Å²) < 4.78 is 0. The highest BCUT2D eigenvalue weighted by Gasteiger charge is 2.46. The number of aromatic nitrogens is 2. The molecule has 0 bridgehead atoms. The van der Waals surface area contributed by atoms with Crippen LogP contribution < -0.4 is 0 Å². The van der Waals surface area contributed by atoms with Crippen LogP contribution in [-0.4, -0.2) is 9.97 Å². The first-order valence-electron chi connectivity index (χ1n) is 24.4. The first-order valence-corrected chi connectivity index (χ1v) is 24.4. The molecule has 71 heavy (non-hydrogen) atoms. The van der Waals surface area contributed by atoms with E-state index >= 15 is 0 Å². The van der Waals surface area contributed by atoms with Gasteiger partial charge >= 0.3 is 0 Å². The topological polar surface area (TPSA) is 25.8 Å². The molecule has 1 heterocycles. The molecule has 0 fully saturated rings. The Morgan fingerprint density at radius 1 is 0.225 bits per heavy atom. The molecule has 13 rings (SSSR count). The van der Waals surface area contributed by atoms with Crippen LogP contribution in [0.2, 0.25) is 0 Å². The minimum atomic E-state index is -0.497. The maximum absolute atomic E-state index is 5.31. The largest absolute Gasteiger partial charge is 0.228 e. The van der Waals surface area contributed by atoms with Gasteiger partial charge < -0.3 is 0 Å². The Morgan fingerprint density at radius 2 is 0.648 bits per heavy atom. The van der Waals surface area contributed by atoms with E-state index in [1.807, 2.05) is 18.2 Å². The molecule has 0 unspecified atom stereocenters.